The van der Waals surface area contributed by atoms with Crippen LogP contribution < -0.4 is 0 Å². The molecule has 0 bridgehead atoms. The lowest BCUT2D eigenvalue weighted by Crippen LogP contribution is -2.37. The highest BCUT2D eigenvalue weighted by Gasteiger charge is 2.38. The molecule has 32 heavy (non-hydrogen) atoms. The van der Waals surface area contributed by atoms with Crippen molar-refractivity contribution in [3.05, 3.63) is 47.3 Å². The predicted molar refractivity (Wildman–Crippen MR) is 119 cm³/mol. The molecule has 0 aromatic carbocycles. The SMILES string of the molecule is Cc1cnc([C@@H]2CCON2C(=O)C2CCC(Cc3cnc4c(C)nn(C)c4c3)CC2)cn1. The Hall–Kier alpha value is -2.87. The van der Waals surface area contributed by atoms with Gasteiger partial charge in [-0.05, 0) is 63.5 Å². The Morgan fingerprint density at radius 1 is 1.06 bits per heavy atom. The van der Waals surface area contributed by atoms with Gasteiger partial charge in [-0.1, -0.05) is 0 Å². The third kappa shape index (κ3) is 3.99. The summed E-state index contributed by atoms with van der Waals surface area (Å²) in [7, 11) is 1.97. The molecule has 4 heterocycles. The van der Waals surface area contributed by atoms with Gasteiger partial charge in [0.25, 0.3) is 0 Å². The lowest BCUT2D eigenvalue weighted by molar-refractivity contribution is -0.183. The summed E-state index contributed by atoms with van der Waals surface area (Å²) in [5, 5.41) is 6.05. The summed E-state index contributed by atoms with van der Waals surface area (Å²) in [4.78, 5) is 32.4. The van der Waals surface area contributed by atoms with Gasteiger partial charge in [0.2, 0.25) is 5.91 Å². The van der Waals surface area contributed by atoms with Gasteiger partial charge in [-0.3, -0.25) is 29.3 Å². The van der Waals surface area contributed by atoms with E-state index in [2.05, 4.69) is 26.1 Å². The number of carbonyl (C=O) groups is 1. The van der Waals surface area contributed by atoms with Crippen LogP contribution in [-0.4, -0.2) is 42.3 Å². The van der Waals surface area contributed by atoms with Crippen LogP contribution in [0.3, 0.4) is 0 Å². The molecule has 2 fully saturated rings. The van der Waals surface area contributed by atoms with Gasteiger partial charge in [0.15, 0.2) is 0 Å². The maximum absolute atomic E-state index is 13.2. The minimum Gasteiger partial charge on any atom is -0.272 e. The molecule has 2 aliphatic rings. The van der Waals surface area contributed by atoms with Crippen molar-refractivity contribution in [2.75, 3.05) is 6.61 Å². The van der Waals surface area contributed by atoms with E-state index in [1.165, 1.54) is 5.56 Å². The molecule has 1 saturated carbocycles. The first-order chi connectivity index (χ1) is 15.5. The minimum absolute atomic E-state index is 0.0191. The first-order valence-corrected chi connectivity index (χ1v) is 11.5. The summed E-state index contributed by atoms with van der Waals surface area (Å²) < 4.78 is 1.90. The largest absolute Gasteiger partial charge is 0.272 e. The number of pyridine rings is 1. The number of hydroxylamine groups is 2. The van der Waals surface area contributed by atoms with Gasteiger partial charge in [0, 0.05) is 31.8 Å². The molecule has 8 heteroatoms. The number of hydrogen-bond donors (Lipinski definition) is 0. The number of carbonyl (C=O) groups excluding carboxylic acids is 1. The van der Waals surface area contributed by atoms with Crippen molar-refractivity contribution in [1.82, 2.24) is 29.8 Å². The number of hydrogen-bond acceptors (Lipinski definition) is 6. The predicted octanol–water partition coefficient (Wildman–Crippen LogP) is 3.63. The second-order valence-corrected chi connectivity index (χ2v) is 9.23. The zero-order valence-electron chi connectivity index (χ0n) is 19.0. The maximum Gasteiger partial charge on any atom is 0.249 e. The van der Waals surface area contributed by atoms with E-state index in [4.69, 9.17) is 4.84 Å². The van der Waals surface area contributed by atoms with Crippen LogP contribution in [0.1, 0.15) is 60.8 Å². The molecule has 1 aliphatic carbocycles. The van der Waals surface area contributed by atoms with Crippen LogP contribution in [0.25, 0.3) is 11.0 Å². The number of nitrogens with zero attached hydrogens (tertiary/aromatic N) is 6. The molecule has 0 radical (unpaired) electrons. The lowest BCUT2D eigenvalue weighted by Gasteiger charge is -2.31. The molecule has 1 saturated heterocycles. The van der Waals surface area contributed by atoms with E-state index in [1.807, 2.05) is 31.8 Å². The molecule has 3 aromatic heterocycles. The molecule has 8 nitrogen and oxygen atoms in total. The Kier molecular flexibility index (Phi) is 5.63. The van der Waals surface area contributed by atoms with Crippen molar-refractivity contribution in [3.63, 3.8) is 0 Å². The first kappa shape index (κ1) is 21.0. The first-order valence-electron chi connectivity index (χ1n) is 11.5. The fourth-order valence-electron chi connectivity index (χ4n) is 5.11. The fourth-order valence-corrected chi connectivity index (χ4v) is 5.11. The van der Waals surface area contributed by atoms with Crippen molar-refractivity contribution < 1.29 is 9.63 Å². The Morgan fingerprint density at radius 2 is 1.88 bits per heavy atom. The second kappa shape index (κ2) is 8.58. The fraction of sp³-hybridized carbons (Fsp3) is 0.542. The van der Waals surface area contributed by atoms with Gasteiger partial charge in [0.05, 0.1) is 35.4 Å². The van der Waals surface area contributed by atoms with E-state index in [-0.39, 0.29) is 17.9 Å². The molecule has 0 spiro atoms. The average molecular weight is 435 g/mol. The minimum atomic E-state index is -0.131. The van der Waals surface area contributed by atoms with Crippen LogP contribution in [0.2, 0.25) is 0 Å². The smallest absolute Gasteiger partial charge is 0.249 e. The number of amides is 1. The normalized spacial score (nSPS) is 23.7. The average Bonchev–Trinajstić information content (AvgIpc) is 3.39. The van der Waals surface area contributed by atoms with E-state index < -0.39 is 0 Å². The van der Waals surface area contributed by atoms with Crippen molar-refractivity contribution >= 4 is 16.9 Å². The standard InChI is InChI=1S/C24H30N6O2/c1-15-12-26-20(14-25-15)21-8-9-32-30(21)24(31)19-6-4-17(5-7-19)10-18-11-22-23(27-13-18)16(2)28-29(22)3/h11-14,17,19,21H,4-10H2,1-3H3/t17?,19?,21-/m0/s1. The van der Waals surface area contributed by atoms with Crippen LogP contribution in [-0.2, 0) is 23.1 Å². The highest BCUT2D eigenvalue weighted by molar-refractivity contribution is 5.79. The zero-order valence-corrected chi connectivity index (χ0v) is 19.0. The van der Waals surface area contributed by atoms with Gasteiger partial charge in [-0.15, -0.1) is 0 Å². The van der Waals surface area contributed by atoms with Crippen LogP contribution in [0.4, 0.5) is 0 Å². The molecular weight excluding hydrogens is 404 g/mol. The van der Waals surface area contributed by atoms with E-state index in [0.717, 1.165) is 66.6 Å². The maximum atomic E-state index is 13.2. The molecule has 5 rings (SSSR count). The highest BCUT2D eigenvalue weighted by atomic mass is 16.7. The molecule has 0 unspecified atom stereocenters. The number of fused-ring (bicyclic) bond motifs is 1. The third-order valence-electron chi connectivity index (χ3n) is 6.90. The van der Waals surface area contributed by atoms with Gasteiger partial charge >= 0.3 is 0 Å². The van der Waals surface area contributed by atoms with Gasteiger partial charge < -0.3 is 0 Å². The quantitative estimate of drug-likeness (QED) is 0.623. The van der Waals surface area contributed by atoms with E-state index in [0.29, 0.717) is 12.5 Å². The Labute approximate surface area is 188 Å². The molecule has 0 N–H and O–H groups in total. The van der Waals surface area contributed by atoms with E-state index >= 15 is 0 Å². The molecular formula is C24H30N6O2. The lowest BCUT2D eigenvalue weighted by atomic mass is 9.79. The van der Waals surface area contributed by atoms with Crippen LogP contribution in [0.5, 0.6) is 0 Å². The summed E-state index contributed by atoms with van der Waals surface area (Å²) in [6, 6.07) is 2.08. The summed E-state index contributed by atoms with van der Waals surface area (Å²) in [6.07, 6.45) is 11.1. The summed E-state index contributed by atoms with van der Waals surface area (Å²) in [5.41, 5.74) is 5.95. The van der Waals surface area contributed by atoms with Crippen molar-refractivity contribution in [1.29, 1.82) is 0 Å². The van der Waals surface area contributed by atoms with Crippen LogP contribution in [0, 0.1) is 25.7 Å². The van der Waals surface area contributed by atoms with Crippen LogP contribution >= 0.6 is 0 Å². The third-order valence-corrected chi connectivity index (χ3v) is 6.90. The number of rotatable bonds is 4. The Bertz CT molecular complexity index is 1120. The summed E-state index contributed by atoms with van der Waals surface area (Å²) in [5.74, 6) is 0.693. The zero-order chi connectivity index (χ0) is 22.2. The van der Waals surface area contributed by atoms with Crippen molar-refractivity contribution in [2.45, 2.75) is 58.4 Å². The molecule has 3 aromatic rings. The summed E-state index contributed by atoms with van der Waals surface area (Å²) in [6.45, 7) is 4.45. The molecule has 1 atom stereocenters. The highest BCUT2D eigenvalue weighted by Crippen LogP contribution is 2.36. The second-order valence-electron chi connectivity index (χ2n) is 9.23. The Morgan fingerprint density at radius 3 is 2.62 bits per heavy atom. The van der Waals surface area contributed by atoms with Gasteiger partial charge in [-0.25, -0.2) is 5.06 Å². The Balaban J connectivity index is 1.20. The number of aromatic nitrogens is 5. The molecule has 1 aliphatic heterocycles. The van der Waals surface area contributed by atoms with E-state index in [1.54, 1.807) is 17.5 Å². The van der Waals surface area contributed by atoms with Crippen molar-refractivity contribution in [2.24, 2.45) is 18.9 Å². The van der Waals surface area contributed by atoms with Crippen molar-refractivity contribution in [3.8, 4) is 0 Å². The monoisotopic (exact) mass is 434 g/mol. The van der Waals surface area contributed by atoms with Gasteiger partial charge in [0.1, 0.15) is 11.6 Å². The summed E-state index contributed by atoms with van der Waals surface area (Å²) >= 11 is 0. The van der Waals surface area contributed by atoms with Crippen LogP contribution in [0.15, 0.2) is 24.7 Å². The van der Waals surface area contributed by atoms with E-state index in [9.17, 15) is 4.79 Å². The topological polar surface area (TPSA) is 86.0 Å². The molecule has 1 amide bonds. The van der Waals surface area contributed by atoms with Gasteiger partial charge in [-0.2, -0.15) is 5.10 Å². The number of aryl methyl sites for hydroxylation is 3. The molecule has 168 valence electrons.